The van der Waals surface area contributed by atoms with E-state index < -0.39 is 0 Å². The van der Waals surface area contributed by atoms with Gasteiger partial charge in [0.15, 0.2) is 0 Å². The fourth-order valence-electron chi connectivity index (χ4n) is 1.27. The normalized spacial score (nSPS) is 13.7. The van der Waals surface area contributed by atoms with Crippen LogP contribution in [0, 0.1) is 8.99 Å². The van der Waals surface area contributed by atoms with Gasteiger partial charge in [-0.1, -0.05) is 32.9 Å². The van der Waals surface area contributed by atoms with Crippen molar-refractivity contribution < 1.29 is 4.74 Å². The van der Waals surface area contributed by atoms with E-state index in [0.717, 1.165) is 9.32 Å². The van der Waals surface area contributed by atoms with Gasteiger partial charge in [-0.3, -0.25) is 0 Å². The van der Waals surface area contributed by atoms with E-state index in [0.29, 0.717) is 6.54 Å². The van der Waals surface area contributed by atoms with Crippen LogP contribution in [0.2, 0.25) is 0 Å². The van der Waals surface area contributed by atoms with Crippen molar-refractivity contribution >= 4 is 22.6 Å². The molecular weight excluding hydrogens is 301 g/mol. The van der Waals surface area contributed by atoms with E-state index in [1.807, 2.05) is 24.3 Å². The highest BCUT2D eigenvalue weighted by atomic mass is 127. The maximum atomic E-state index is 5.93. The maximum absolute atomic E-state index is 5.93. The van der Waals surface area contributed by atoms with E-state index >= 15 is 0 Å². The first kappa shape index (κ1) is 12.8. The number of hydrogen-bond donors (Lipinski definition) is 1. The number of nitrogens with two attached hydrogens (primary N) is 1. The largest absolute Gasteiger partial charge is 0.487 e. The average molecular weight is 319 g/mol. The zero-order chi connectivity index (χ0) is 11.5. The van der Waals surface area contributed by atoms with Gasteiger partial charge in [0.2, 0.25) is 0 Å². The summed E-state index contributed by atoms with van der Waals surface area (Å²) >= 11 is 2.27. The third-order valence-electron chi connectivity index (χ3n) is 2.29. The first-order chi connectivity index (χ1) is 6.95. The summed E-state index contributed by atoms with van der Waals surface area (Å²) in [6, 6.07) is 8.00. The van der Waals surface area contributed by atoms with Crippen LogP contribution in [0.1, 0.15) is 20.8 Å². The molecule has 0 aliphatic carbocycles. The molecule has 0 fully saturated rings. The van der Waals surface area contributed by atoms with Crippen molar-refractivity contribution in [2.24, 2.45) is 11.1 Å². The lowest BCUT2D eigenvalue weighted by molar-refractivity contribution is 0.0933. The Bertz CT molecular complexity index is 320. The molecule has 0 radical (unpaired) electrons. The van der Waals surface area contributed by atoms with Crippen LogP contribution in [0.3, 0.4) is 0 Å². The smallest absolute Gasteiger partial charge is 0.133 e. The summed E-state index contributed by atoms with van der Waals surface area (Å²) in [6.07, 6.45) is 0.0495. The van der Waals surface area contributed by atoms with Crippen LogP contribution in [0.15, 0.2) is 24.3 Å². The molecule has 1 aromatic carbocycles. The molecule has 84 valence electrons. The van der Waals surface area contributed by atoms with Gasteiger partial charge < -0.3 is 10.5 Å². The third kappa shape index (κ3) is 3.65. The second kappa shape index (κ2) is 5.16. The monoisotopic (exact) mass is 319 g/mol. The number of hydrogen-bond acceptors (Lipinski definition) is 2. The third-order valence-corrected chi connectivity index (χ3v) is 3.18. The van der Waals surface area contributed by atoms with Crippen molar-refractivity contribution in [3.63, 3.8) is 0 Å². The van der Waals surface area contributed by atoms with Gasteiger partial charge in [0.25, 0.3) is 0 Å². The second-order valence-corrected chi connectivity index (χ2v) is 5.80. The van der Waals surface area contributed by atoms with Gasteiger partial charge in [-0.15, -0.1) is 0 Å². The molecule has 0 spiro atoms. The van der Waals surface area contributed by atoms with Crippen molar-refractivity contribution in [1.82, 2.24) is 0 Å². The van der Waals surface area contributed by atoms with Crippen molar-refractivity contribution in [3.8, 4) is 5.75 Å². The number of halogens is 1. The fourth-order valence-corrected chi connectivity index (χ4v) is 1.79. The molecule has 1 rings (SSSR count). The summed E-state index contributed by atoms with van der Waals surface area (Å²) in [7, 11) is 0. The molecule has 0 aliphatic rings. The first-order valence-electron chi connectivity index (χ1n) is 5.06. The average Bonchev–Trinajstić information content (AvgIpc) is 2.14. The van der Waals surface area contributed by atoms with Gasteiger partial charge in [0.1, 0.15) is 11.9 Å². The van der Waals surface area contributed by atoms with E-state index in [9.17, 15) is 0 Å². The minimum absolute atomic E-state index is 0.0495. The molecule has 2 nitrogen and oxygen atoms in total. The van der Waals surface area contributed by atoms with E-state index in [1.165, 1.54) is 0 Å². The standard InChI is InChI=1S/C12H18INO/c1-12(2,3)11(8-14)15-10-7-5-4-6-9(10)13/h4-7,11H,8,14H2,1-3H3. The Morgan fingerprint density at radius 1 is 1.33 bits per heavy atom. The topological polar surface area (TPSA) is 35.2 Å². The molecule has 3 heteroatoms. The van der Waals surface area contributed by atoms with Gasteiger partial charge in [-0.25, -0.2) is 0 Å². The number of rotatable bonds is 3. The molecule has 0 aromatic heterocycles. The van der Waals surface area contributed by atoms with Gasteiger partial charge in [0.05, 0.1) is 3.57 Å². The molecule has 0 heterocycles. The Kier molecular flexibility index (Phi) is 4.40. The Hall–Kier alpha value is -0.290. The SMILES string of the molecule is CC(C)(C)C(CN)Oc1ccccc1I. The van der Waals surface area contributed by atoms with Crippen LogP contribution in [0.5, 0.6) is 5.75 Å². The highest BCUT2D eigenvalue weighted by molar-refractivity contribution is 14.1. The van der Waals surface area contributed by atoms with Crippen molar-refractivity contribution in [1.29, 1.82) is 0 Å². The highest BCUT2D eigenvalue weighted by Gasteiger charge is 2.25. The quantitative estimate of drug-likeness (QED) is 0.869. The molecule has 0 saturated carbocycles. The van der Waals surface area contributed by atoms with Crippen molar-refractivity contribution in [2.45, 2.75) is 26.9 Å². The van der Waals surface area contributed by atoms with E-state index in [1.54, 1.807) is 0 Å². The first-order valence-corrected chi connectivity index (χ1v) is 6.14. The van der Waals surface area contributed by atoms with Crippen LogP contribution >= 0.6 is 22.6 Å². The van der Waals surface area contributed by atoms with E-state index in [4.69, 9.17) is 10.5 Å². The zero-order valence-corrected chi connectivity index (χ0v) is 11.6. The lowest BCUT2D eigenvalue weighted by atomic mass is 9.89. The molecule has 15 heavy (non-hydrogen) atoms. The Balaban J connectivity index is 2.80. The zero-order valence-electron chi connectivity index (χ0n) is 9.46. The van der Waals surface area contributed by atoms with Gasteiger partial charge >= 0.3 is 0 Å². The lowest BCUT2D eigenvalue weighted by Crippen LogP contribution is -2.38. The minimum Gasteiger partial charge on any atom is -0.487 e. The van der Waals surface area contributed by atoms with Gasteiger partial charge in [0, 0.05) is 12.0 Å². The Morgan fingerprint density at radius 2 is 1.93 bits per heavy atom. The molecule has 0 aliphatic heterocycles. The van der Waals surface area contributed by atoms with Gasteiger partial charge in [-0.2, -0.15) is 0 Å². The summed E-state index contributed by atoms with van der Waals surface area (Å²) in [6.45, 7) is 6.95. The molecule has 1 atom stereocenters. The summed E-state index contributed by atoms with van der Waals surface area (Å²) < 4.78 is 7.05. The molecule has 0 bridgehead atoms. The predicted molar refractivity (Wildman–Crippen MR) is 72.1 cm³/mol. The van der Waals surface area contributed by atoms with E-state index in [-0.39, 0.29) is 11.5 Å². The fraction of sp³-hybridized carbons (Fsp3) is 0.500. The number of benzene rings is 1. The lowest BCUT2D eigenvalue weighted by Gasteiger charge is -2.30. The van der Waals surface area contributed by atoms with E-state index in [2.05, 4.69) is 43.4 Å². The van der Waals surface area contributed by atoms with Crippen LogP contribution in [0.4, 0.5) is 0 Å². The molecule has 1 unspecified atom stereocenters. The van der Waals surface area contributed by atoms with Crippen molar-refractivity contribution in [3.05, 3.63) is 27.8 Å². The second-order valence-electron chi connectivity index (χ2n) is 4.64. The molecule has 1 aromatic rings. The number of para-hydroxylation sites is 1. The van der Waals surface area contributed by atoms with Crippen molar-refractivity contribution in [2.75, 3.05) is 6.54 Å². The van der Waals surface area contributed by atoms with Crippen LogP contribution in [-0.2, 0) is 0 Å². The summed E-state index contributed by atoms with van der Waals surface area (Å²) in [5.74, 6) is 0.920. The summed E-state index contributed by atoms with van der Waals surface area (Å²) in [5.41, 5.74) is 5.79. The predicted octanol–water partition coefficient (Wildman–Crippen LogP) is 3.04. The molecule has 0 amide bonds. The molecule has 0 saturated heterocycles. The Labute approximate surface area is 105 Å². The van der Waals surface area contributed by atoms with Crippen LogP contribution in [0.25, 0.3) is 0 Å². The summed E-state index contributed by atoms with van der Waals surface area (Å²) in [5, 5.41) is 0. The summed E-state index contributed by atoms with van der Waals surface area (Å²) in [4.78, 5) is 0. The Morgan fingerprint density at radius 3 is 2.40 bits per heavy atom. The molecular formula is C12H18INO. The highest BCUT2D eigenvalue weighted by Crippen LogP contribution is 2.27. The van der Waals surface area contributed by atoms with Crippen LogP contribution in [-0.4, -0.2) is 12.6 Å². The molecule has 2 N–H and O–H groups in total. The minimum atomic E-state index is 0.0495. The maximum Gasteiger partial charge on any atom is 0.133 e. The number of ether oxygens (including phenoxy) is 1. The van der Waals surface area contributed by atoms with Gasteiger partial charge in [-0.05, 0) is 34.7 Å². The van der Waals surface area contributed by atoms with Crippen LogP contribution < -0.4 is 10.5 Å².